The number of nitrogens with zero attached hydrogens (tertiary/aromatic N) is 2. The van der Waals surface area contributed by atoms with Crippen LogP contribution in [0.2, 0.25) is 0 Å². The molecule has 7 heteroatoms. The number of nitrogens with two attached hydrogens (primary N) is 1. The second-order valence-electron chi connectivity index (χ2n) is 13.2. The largest absolute Gasteiger partial charge is 0.438 e. The molecule has 2 aliphatic heterocycles. The highest BCUT2D eigenvalue weighted by Crippen LogP contribution is 2.53. The van der Waals surface area contributed by atoms with Crippen LogP contribution in [0.4, 0.5) is 20.6 Å². The number of halogens is 1. The maximum atomic E-state index is 16.0. The number of anilines is 2. The molecule has 0 bridgehead atoms. The Kier molecular flexibility index (Phi) is 5.58. The number of carbonyl (C=O) groups excluding carboxylic acids is 1. The second kappa shape index (κ2) is 7.10. The predicted molar refractivity (Wildman–Crippen MR) is 136 cm³/mol. The van der Waals surface area contributed by atoms with Crippen molar-refractivity contribution in [3.63, 3.8) is 0 Å². The Hall–Kier alpha value is -1.86. The minimum atomic E-state index is -0.978. The summed E-state index contributed by atoms with van der Waals surface area (Å²) in [6, 6.07) is 4.98. The van der Waals surface area contributed by atoms with Gasteiger partial charge in [0.25, 0.3) is 0 Å². The number of ether oxygens (including phenoxy) is 2. The molecule has 1 aromatic rings. The Balaban J connectivity index is 2.14. The molecule has 1 amide bonds. The summed E-state index contributed by atoms with van der Waals surface area (Å²) in [5.74, 6) is -0.406. The molecular weight excluding hydrogens is 433 g/mol. The first kappa shape index (κ1) is 26.7. The summed E-state index contributed by atoms with van der Waals surface area (Å²) in [6.45, 7) is 25.8. The summed E-state index contributed by atoms with van der Waals surface area (Å²) in [5.41, 5.74) is 2.58. The molecule has 2 heterocycles. The van der Waals surface area contributed by atoms with Crippen molar-refractivity contribution in [2.45, 2.75) is 129 Å². The van der Waals surface area contributed by atoms with Crippen LogP contribution in [0.15, 0.2) is 18.2 Å². The maximum Gasteiger partial charge on any atom is 0.415 e. The fourth-order valence-electron chi connectivity index (χ4n) is 5.68. The highest BCUT2D eigenvalue weighted by Gasteiger charge is 2.64. The molecule has 1 atom stereocenters. The van der Waals surface area contributed by atoms with Crippen molar-refractivity contribution >= 4 is 17.5 Å². The lowest BCUT2D eigenvalue weighted by Crippen LogP contribution is -2.78. The van der Waals surface area contributed by atoms with Gasteiger partial charge in [-0.2, -0.15) is 0 Å². The fourth-order valence-corrected chi connectivity index (χ4v) is 5.68. The van der Waals surface area contributed by atoms with Crippen LogP contribution in [-0.2, 0) is 9.47 Å². The van der Waals surface area contributed by atoms with Crippen LogP contribution in [0.1, 0.15) is 90.0 Å². The van der Waals surface area contributed by atoms with E-state index in [1.54, 1.807) is 12.1 Å². The van der Waals surface area contributed by atoms with Crippen molar-refractivity contribution in [2.24, 2.45) is 5.73 Å². The van der Waals surface area contributed by atoms with Crippen LogP contribution < -0.4 is 15.5 Å². The molecule has 2 N–H and O–H groups in total. The van der Waals surface area contributed by atoms with E-state index < -0.39 is 50.9 Å². The number of cyclic esters (lactones) is 1. The van der Waals surface area contributed by atoms with Gasteiger partial charge >= 0.3 is 6.09 Å². The minimum Gasteiger partial charge on any atom is -0.438 e. The highest BCUT2D eigenvalue weighted by atomic mass is 19.1. The molecule has 1 aromatic carbocycles. The van der Waals surface area contributed by atoms with Crippen molar-refractivity contribution in [1.82, 2.24) is 0 Å². The lowest BCUT2D eigenvalue weighted by atomic mass is 9.71. The van der Waals surface area contributed by atoms with Crippen LogP contribution in [0.25, 0.3) is 0 Å². The second-order valence-corrected chi connectivity index (χ2v) is 13.2. The van der Waals surface area contributed by atoms with Crippen molar-refractivity contribution in [1.29, 1.82) is 0 Å². The van der Waals surface area contributed by atoms with Crippen LogP contribution in [0.5, 0.6) is 0 Å². The molecular formula is C27H44FN3O3. The first-order chi connectivity index (χ1) is 15.0. The zero-order valence-corrected chi connectivity index (χ0v) is 23.3. The van der Waals surface area contributed by atoms with Crippen LogP contribution in [0.3, 0.4) is 0 Å². The van der Waals surface area contributed by atoms with E-state index >= 15 is 4.39 Å². The van der Waals surface area contributed by atoms with Crippen LogP contribution in [0, 0.1) is 5.82 Å². The van der Waals surface area contributed by atoms with E-state index in [4.69, 9.17) is 15.2 Å². The summed E-state index contributed by atoms with van der Waals surface area (Å²) in [6.07, 6.45) is -0.535. The first-order valence-corrected chi connectivity index (χ1v) is 12.1. The van der Waals surface area contributed by atoms with Crippen molar-refractivity contribution in [3.8, 4) is 0 Å². The topological polar surface area (TPSA) is 68.0 Å². The Bertz CT molecular complexity index is 981. The summed E-state index contributed by atoms with van der Waals surface area (Å²) in [4.78, 5) is 16.7. The molecule has 6 nitrogen and oxygen atoms in total. The highest BCUT2D eigenvalue weighted by molar-refractivity contribution is 5.93. The van der Waals surface area contributed by atoms with Crippen molar-refractivity contribution < 1.29 is 18.7 Å². The van der Waals surface area contributed by atoms with Crippen molar-refractivity contribution in [2.75, 3.05) is 9.80 Å². The standard InChI is InChI=1S/C27H44FN3O3/c1-21(2,29)27(13)24(7,8)30(20(32)33-27)17-14-15-19(18(28)16-17)31-22(3,4)25(9,10)34-26(11,12)23(31,5)6/h14-16H,29H2,1-13H3/t27-/m0/s1. The predicted octanol–water partition coefficient (Wildman–Crippen LogP) is 6.01. The summed E-state index contributed by atoms with van der Waals surface area (Å²) in [7, 11) is 0. The van der Waals surface area contributed by atoms with E-state index in [2.05, 4.69) is 32.6 Å². The average molecular weight is 478 g/mol. The number of benzene rings is 1. The summed E-state index contributed by atoms with van der Waals surface area (Å²) < 4.78 is 28.4. The Morgan fingerprint density at radius 3 is 1.71 bits per heavy atom. The lowest BCUT2D eigenvalue weighted by Gasteiger charge is -2.67. The van der Waals surface area contributed by atoms with Gasteiger partial charge in [-0.1, -0.05) is 0 Å². The van der Waals surface area contributed by atoms with Gasteiger partial charge in [0.15, 0.2) is 5.60 Å². The Morgan fingerprint density at radius 1 is 0.853 bits per heavy atom. The molecule has 2 aliphatic rings. The molecule has 0 saturated carbocycles. The lowest BCUT2D eigenvalue weighted by molar-refractivity contribution is -0.214. The number of rotatable bonds is 3. The summed E-state index contributed by atoms with van der Waals surface area (Å²) in [5, 5.41) is 0. The van der Waals surface area contributed by atoms with E-state index in [-0.39, 0.29) is 0 Å². The molecule has 3 rings (SSSR count). The van der Waals surface area contributed by atoms with Crippen LogP contribution >= 0.6 is 0 Å². The molecule has 0 aromatic heterocycles. The zero-order chi connectivity index (χ0) is 26.5. The summed E-state index contributed by atoms with van der Waals surface area (Å²) >= 11 is 0. The molecule has 0 radical (unpaired) electrons. The van der Waals surface area contributed by atoms with Gasteiger partial charge in [-0.25, -0.2) is 9.18 Å². The van der Waals surface area contributed by atoms with Gasteiger partial charge in [0, 0.05) is 0 Å². The van der Waals surface area contributed by atoms with Gasteiger partial charge in [-0.05, 0) is 108 Å². The minimum absolute atomic E-state index is 0.406. The first-order valence-electron chi connectivity index (χ1n) is 12.1. The number of hydrogen-bond donors (Lipinski definition) is 1. The third-order valence-electron chi connectivity index (χ3n) is 9.44. The monoisotopic (exact) mass is 477 g/mol. The van der Waals surface area contributed by atoms with E-state index in [0.29, 0.717) is 11.4 Å². The Morgan fingerprint density at radius 2 is 1.32 bits per heavy atom. The van der Waals surface area contributed by atoms with Gasteiger partial charge in [0.05, 0.1) is 44.7 Å². The third-order valence-corrected chi connectivity index (χ3v) is 9.44. The van der Waals surface area contributed by atoms with Gasteiger partial charge in [0.1, 0.15) is 5.82 Å². The molecule has 0 unspecified atom stereocenters. The number of morpholine rings is 1. The van der Waals surface area contributed by atoms with E-state index in [9.17, 15) is 4.79 Å². The van der Waals surface area contributed by atoms with Crippen LogP contribution in [-0.4, -0.2) is 45.1 Å². The normalized spacial score (nSPS) is 29.2. The van der Waals surface area contributed by atoms with Crippen molar-refractivity contribution in [3.05, 3.63) is 24.0 Å². The zero-order valence-electron chi connectivity index (χ0n) is 23.3. The molecule has 192 valence electrons. The quantitative estimate of drug-likeness (QED) is 0.578. The average Bonchev–Trinajstić information content (AvgIpc) is 2.79. The maximum absolute atomic E-state index is 16.0. The fraction of sp³-hybridized carbons (Fsp3) is 0.741. The molecule has 2 saturated heterocycles. The SMILES string of the molecule is CC1(C)OC(C)(C)C(C)(C)N(c2ccc(N3C(=O)O[C@@](C)(C(C)(C)N)C3(C)C)cc2F)C1(C)C. The number of hydrogen-bond acceptors (Lipinski definition) is 5. The van der Waals surface area contributed by atoms with E-state index in [1.165, 1.54) is 11.0 Å². The molecule has 2 fully saturated rings. The third kappa shape index (κ3) is 3.29. The molecule has 34 heavy (non-hydrogen) atoms. The number of carbonyl (C=O) groups is 1. The molecule has 0 spiro atoms. The van der Waals surface area contributed by atoms with E-state index in [0.717, 1.165) is 0 Å². The Labute approximate surface area is 204 Å². The molecule has 0 aliphatic carbocycles. The van der Waals surface area contributed by atoms with Gasteiger partial charge in [-0.15, -0.1) is 0 Å². The number of amides is 1. The smallest absolute Gasteiger partial charge is 0.415 e. The van der Waals surface area contributed by atoms with Gasteiger partial charge in [-0.3, -0.25) is 4.90 Å². The van der Waals surface area contributed by atoms with Gasteiger partial charge < -0.3 is 20.1 Å². The van der Waals surface area contributed by atoms with E-state index in [1.807, 2.05) is 62.3 Å². The van der Waals surface area contributed by atoms with Gasteiger partial charge in [0.2, 0.25) is 0 Å².